The highest BCUT2D eigenvalue weighted by Gasteiger charge is 2.18. The van der Waals surface area contributed by atoms with E-state index in [1.807, 2.05) is 4.90 Å². The molecule has 0 radical (unpaired) electrons. The standard InChI is InChI=1S/C22H25FN2O2/c23-20-11-4-3-8-17(20)12-13-24-21(26)18-9-7-10-19(16-18)22(27)25-14-5-1-2-6-15-25/h3-4,7-11,16H,1-2,5-6,12-15H2,(H,24,26). The van der Waals surface area contributed by atoms with Crippen molar-refractivity contribution in [3.8, 4) is 0 Å². The smallest absolute Gasteiger partial charge is 0.253 e. The average Bonchev–Trinajstić information content (AvgIpc) is 2.98. The zero-order valence-corrected chi connectivity index (χ0v) is 15.4. The summed E-state index contributed by atoms with van der Waals surface area (Å²) in [5.41, 5.74) is 1.56. The first-order valence-corrected chi connectivity index (χ1v) is 9.56. The predicted octanol–water partition coefficient (Wildman–Crippen LogP) is 3.81. The number of carbonyl (C=O) groups excluding carboxylic acids is 2. The molecule has 1 fully saturated rings. The molecular weight excluding hydrogens is 343 g/mol. The molecule has 1 saturated heterocycles. The fourth-order valence-electron chi connectivity index (χ4n) is 3.36. The third-order valence-corrected chi connectivity index (χ3v) is 4.90. The number of benzene rings is 2. The van der Waals surface area contributed by atoms with Gasteiger partial charge in [0.2, 0.25) is 0 Å². The number of amides is 2. The van der Waals surface area contributed by atoms with E-state index in [4.69, 9.17) is 0 Å². The van der Waals surface area contributed by atoms with Crippen LogP contribution >= 0.6 is 0 Å². The summed E-state index contributed by atoms with van der Waals surface area (Å²) in [7, 11) is 0. The van der Waals surface area contributed by atoms with E-state index < -0.39 is 0 Å². The molecule has 0 atom stereocenters. The van der Waals surface area contributed by atoms with Gasteiger partial charge in [-0.05, 0) is 49.1 Å². The first-order chi connectivity index (χ1) is 13.1. The van der Waals surface area contributed by atoms with Crippen LogP contribution in [0.2, 0.25) is 0 Å². The van der Waals surface area contributed by atoms with Crippen molar-refractivity contribution in [1.29, 1.82) is 0 Å². The molecule has 2 aromatic rings. The van der Waals surface area contributed by atoms with Crippen LogP contribution in [0.4, 0.5) is 4.39 Å². The van der Waals surface area contributed by atoms with Crippen molar-refractivity contribution in [1.82, 2.24) is 10.2 Å². The summed E-state index contributed by atoms with van der Waals surface area (Å²) in [6.45, 7) is 1.89. The predicted molar refractivity (Wildman–Crippen MR) is 103 cm³/mol. The molecule has 3 rings (SSSR count). The zero-order valence-electron chi connectivity index (χ0n) is 15.4. The number of nitrogens with zero attached hydrogens (tertiary/aromatic N) is 1. The fraction of sp³-hybridized carbons (Fsp3) is 0.364. The SMILES string of the molecule is O=C(NCCc1ccccc1F)c1cccc(C(=O)N2CCCCCC2)c1. The lowest BCUT2D eigenvalue weighted by Crippen LogP contribution is -2.32. The zero-order chi connectivity index (χ0) is 19.1. The number of rotatable bonds is 5. The van der Waals surface area contributed by atoms with Gasteiger partial charge < -0.3 is 10.2 Å². The minimum absolute atomic E-state index is 0.0158. The Kier molecular flexibility index (Phi) is 6.58. The van der Waals surface area contributed by atoms with Crippen molar-refractivity contribution >= 4 is 11.8 Å². The van der Waals surface area contributed by atoms with E-state index in [0.717, 1.165) is 38.8 Å². The maximum atomic E-state index is 13.6. The van der Waals surface area contributed by atoms with Gasteiger partial charge in [0, 0.05) is 30.8 Å². The Morgan fingerprint density at radius 1 is 0.926 bits per heavy atom. The van der Waals surface area contributed by atoms with Crippen LogP contribution in [0.25, 0.3) is 0 Å². The Morgan fingerprint density at radius 3 is 2.37 bits per heavy atom. The van der Waals surface area contributed by atoms with Crippen LogP contribution < -0.4 is 5.32 Å². The van der Waals surface area contributed by atoms with E-state index in [9.17, 15) is 14.0 Å². The van der Waals surface area contributed by atoms with Gasteiger partial charge in [-0.1, -0.05) is 37.1 Å². The van der Waals surface area contributed by atoms with Gasteiger partial charge in [0.25, 0.3) is 11.8 Å². The van der Waals surface area contributed by atoms with Crippen LogP contribution in [0, 0.1) is 5.82 Å². The van der Waals surface area contributed by atoms with Crippen LogP contribution in [-0.4, -0.2) is 36.3 Å². The van der Waals surface area contributed by atoms with E-state index in [1.54, 1.807) is 42.5 Å². The van der Waals surface area contributed by atoms with E-state index in [0.29, 0.717) is 29.7 Å². The van der Waals surface area contributed by atoms with Crippen LogP contribution in [0.5, 0.6) is 0 Å². The molecule has 1 heterocycles. The van der Waals surface area contributed by atoms with Crippen molar-refractivity contribution in [2.75, 3.05) is 19.6 Å². The lowest BCUT2D eigenvalue weighted by molar-refractivity contribution is 0.0761. The Balaban J connectivity index is 1.59. The lowest BCUT2D eigenvalue weighted by atomic mass is 10.1. The van der Waals surface area contributed by atoms with Crippen LogP contribution in [-0.2, 0) is 6.42 Å². The van der Waals surface area contributed by atoms with Crippen LogP contribution in [0.3, 0.4) is 0 Å². The summed E-state index contributed by atoms with van der Waals surface area (Å²) in [6.07, 6.45) is 4.80. The normalized spacial score (nSPS) is 14.5. The Bertz CT molecular complexity index is 798. The van der Waals surface area contributed by atoms with Gasteiger partial charge in [0.1, 0.15) is 5.82 Å². The molecule has 0 spiro atoms. The molecule has 1 aliphatic rings. The first-order valence-electron chi connectivity index (χ1n) is 9.56. The minimum Gasteiger partial charge on any atom is -0.352 e. The number of nitrogens with one attached hydrogen (secondary N) is 1. The van der Waals surface area contributed by atoms with Gasteiger partial charge >= 0.3 is 0 Å². The summed E-state index contributed by atoms with van der Waals surface area (Å²) in [4.78, 5) is 27.0. The van der Waals surface area contributed by atoms with Crippen molar-refractivity contribution in [2.45, 2.75) is 32.1 Å². The molecule has 0 unspecified atom stereocenters. The molecule has 1 aliphatic heterocycles. The lowest BCUT2D eigenvalue weighted by Gasteiger charge is -2.20. The molecule has 0 saturated carbocycles. The fourth-order valence-corrected chi connectivity index (χ4v) is 3.36. The van der Waals surface area contributed by atoms with Crippen molar-refractivity contribution in [2.24, 2.45) is 0 Å². The average molecular weight is 368 g/mol. The van der Waals surface area contributed by atoms with Gasteiger partial charge in [-0.2, -0.15) is 0 Å². The highest BCUT2D eigenvalue weighted by Crippen LogP contribution is 2.14. The second kappa shape index (κ2) is 9.31. The summed E-state index contributed by atoms with van der Waals surface area (Å²) in [5.74, 6) is -0.536. The molecule has 142 valence electrons. The van der Waals surface area contributed by atoms with Gasteiger partial charge in [0.15, 0.2) is 0 Å². The largest absolute Gasteiger partial charge is 0.352 e. The van der Waals surface area contributed by atoms with Gasteiger partial charge in [0.05, 0.1) is 0 Å². The second-order valence-electron chi connectivity index (χ2n) is 6.88. The molecule has 4 nitrogen and oxygen atoms in total. The number of hydrogen-bond donors (Lipinski definition) is 1. The molecule has 0 aromatic heterocycles. The van der Waals surface area contributed by atoms with Crippen molar-refractivity contribution in [3.63, 3.8) is 0 Å². The second-order valence-corrected chi connectivity index (χ2v) is 6.88. The Hall–Kier alpha value is -2.69. The summed E-state index contributed by atoms with van der Waals surface area (Å²) in [5, 5.41) is 2.80. The molecule has 27 heavy (non-hydrogen) atoms. The van der Waals surface area contributed by atoms with Gasteiger partial charge in [-0.15, -0.1) is 0 Å². The highest BCUT2D eigenvalue weighted by atomic mass is 19.1. The van der Waals surface area contributed by atoms with Crippen molar-refractivity contribution in [3.05, 3.63) is 71.0 Å². The monoisotopic (exact) mass is 368 g/mol. The minimum atomic E-state index is -0.267. The van der Waals surface area contributed by atoms with Gasteiger partial charge in [-0.3, -0.25) is 9.59 Å². The van der Waals surface area contributed by atoms with Gasteiger partial charge in [-0.25, -0.2) is 4.39 Å². The molecule has 1 N–H and O–H groups in total. The maximum absolute atomic E-state index is 13.6. The third kappa shape index (κ3) is 5.16. The summed E-state index contributed by atoms with van der Waals surface area (Å²) >= 11 is 0. The summed E-state index contributed by atoms with van der Waals surface area (Å²) in [6, 6.07) is 13.4. The number of carbonyl (C=O) groups is 2. The summed E-state index contributed by atoms with van der Waals surface area (Å²) < 4.78 is 13.6. The quantitative estimate of drug-likeness (QED) is 0.872. The van der Waals surface area contributed by atoms with E-state index in [-0.39, 0.29) is 17.6 Å². The van der Waals surface area contributed by atoms with E-state index >= 15 is 0 Å². The Labute approximate surface area is 159 Å². The van der Waals surface area contributed by atoms with Crippen LogP contribution in [0.1, 0.15) is 52.0 Å². The number of halogens is 1. The highest BCUT2D eigenvalue weighted by molar-refractivity contribution is 5.99. The number of likely N-dealkylation sites (tertiary alicyclic amines) is 1. The molecular formula is C22H25FN2O2. The molecule has 2 aromatic carbocycles. The van der Waals surface area contributed by atoms with E-state index in [2.05, 4.69) is 5.32 Å². The van der Waals surface area contributed by atoms with Crippen LogP contribution in [0.15, 0.2) is 48.5 Å². The van der Waals surface area contributed by atoms with Crippen molar-refractivity contribution < 1.29 is 14.0 Å². The maximum Gasteiger partial charge on any atom is 0.253 e. The Morgan fingerprint density at radius 2 is 1.63 bits per heavy atom. The topological polar surface area (TPSA) is 49.4 Å². The molecule has 5 heteroatoms. The molecule has 0 aliphatic carbocycles. The van der Waals surface area contributed by atoms with E-state index in [1.165, 1.54) is 6.07 Å². The number of hydrogen-bond acceptors (Lipinski definition) is 2. The molecule has 0 bridgehead atoms. The third-order valence-electron chi connectivity index (χ3n) is 4.90. The first kappa shape index (κ1) is 19.1. The molecule has 2 amide bonds.